The van der Waals surface area contributed by atoms with E-state index in [4.69, 9.17) is 4.74 Å². The lowest BCUT2D eigenvalue weighted by Gasteiger charge is -2.34. The van der Waals surface area contributed by atoms with Gasteiger partial charge in [0.1, 0.15) is 0 Å². The molecule has 1 heterocycles. The van der Waals surface area contributed by atoms with Crippen LogP contribution < -0.4 is 0 Å². The van der Waals surface area contributed by atoms with E-state index in [1.807, 2.05) is 4.90 Å². The van der Waals surface area contributed by atoms with Crippen molar-refractivity contribution in [1.82, 2.24) is 4.90 Å². The van der Waals surface area contributed by atoms with Gasteiger partial charge in [0.2, 0.25) is 5.91 Å². The quantitative estimate of drug-likeness (QED) is 0.559. The molecule has 0 aromatic heterocycles. The molecular weight excluding hydrogens is 262 g/mol. The molecule has 1 aliphatic heterocycles. The summed E-state index contributed by atoms with van der Waals surface area (Å²) in [6.07, 6.45) is 10.7. The number of unbranched alkanes of at least 4 members (excludes halogenated alkanes) is 4. The van der Waals surface area contributed by atoms with Gasteiger partial charge in [0, 0.05) is 19.5 Å². The first kappa shape index (κ1) is 18.5. The summed E-state index contributed by atoms with van der Waals surface area (Å²) in [7, 11) is 0. The summed E-state index contributed by atoms with van der Waals surface area (Å²) in [6.45, 7) is 9.77. The van der Waals surface area contributed by atoms with E-state index in [-0.39, 0.29) is 5.41 Å². The van der Waals surface area contributed by atoms with Crippen molar-refractivity contribution in [2.45, 2.75) is 78.6 Å². The van der Waals surface area contributed by atoms with Gasteiger partial charge in [-0.2, -0.15) is 0 Å². The first-order valence-corrected chi connectivity index (χ1v) is 8.97. The smallest absolute Gasteiger partial charge is 0.223 e. The molecule has 0 saturated carbocycles. The van der Waals surface area contributed by atoms with Gasteiger partial charge in [-0.3, -0.25) is 4.79 Å². The molecule has 0 aromatic rings. The maximum absolute atomic E-state index is 12.5. The van der Waals surface area contributed by atoms with Gasteiger partial charge in [-0.1, -0.05) is 59.3 Å². The molecule has 1 saturated heterocycles. The van der Waals surface area contributed by atoms with Crippen molar-refractivity contribution in [2.75, 3.05) is 26.3 Å². The number of amides is 1. The minimum absolute atomic E-state index is 0.194. The lowest BCUT2D eigenvalue weighted by molar-refractivity contribution is -0.137. The maximum atomic E-state index is 12.5. The number of ether oxygens (including phenoxy) is 1. The Hall–Kier alpha value is -0.570. The van der Waals surface area contributed by atoms with Crippen LogP contribution in [-0.4, -0.2) is 37.1 Å². The van der Waals surface area contributed by atoms with Crippen LogP contribution in [-0.2, 0) is 9.53 Å². The molecule has 0 spiro atoms. The van der Waals surface area contributed by atoms with Crippen LogP contribution in [0, 0.1) is 5.41 Å². The van der Waals surface area contributed by atoms with Crippen molar-refractivity contribution in [2.24, 2.45) is 5.41 Å². The SMILES string of the molecule is CCCCCC(C)(CCCCC)CC(=O)N1CCOCC1. The largest absolute Gasteiger partial charge is 0.378 e. The Morgan fingerprint density at radius 2 is 1.52 bits per heavy atom. The van der Waals surface area contributed by atoms with E-state index in [2.05, 4.69) is 20.8 Å². The fourth-order valence-electron chi connectivity index (χ4n) is 3.19. The van der Waals surface area contributed by atoms with Crippen LogP contribution in [0.2, 0.25) is 0 Å². The van der Waals surface area contributed by atoms with Crippen LogP contribution >= 0.6 is 0 Å². The molecule has 0 aliphatic carbocycles. The number of rotatable bonds is 10. The summed E-state index contributed by atoms with van der Waals surface area (Å²) in [6, 6.07) is 0. The molecule has 3 heteroatoms. The summed E-state index contributed by atoms with van der Waals surface area (Å²) in [5, 5.41) is 0. The minimum Gasteiger partial charge on any atom is -0.378 e. The molecule has 124 valence electrons. The average molecular weight is 297 g/mol. The average Bonchev–Trinajstić information content (AvgIpc) is 2.48. The first-order valence-electron chi connectivity index (χ1n) is 8.97. The number of carbonyl (C=O) groups is 1. The highest BCUT2D eigenvalue weighted by atomic mass is 16.5. The molecule has 0 aromatic carbocycles. The monoisotopic (exact) mass is 297 g/mol. The lowest BCUT2D eigenvalue weighted by atomic mass is 9.76. The molecular formula is C18H35NO2. The van der Waals surface area contributed by atoms with Crippen molar-refractivity contribution >= 4 is 5.91 Å². The molecule has 0 bridgehead atoms. The highest BCUT2D eigenvalue weighted by Crippen LogP contribution is 2.35. The topological polar surface area (TPSA) is 29.5 Å². The summed E-state index contributed by atoms with van der Waals surface area (Å²) in [5.41, 5.74) is 0.194. The summed E-state index contributed by atoms with van der Waals surface area (Å²) in [4.78, 5) is 14.6. The fourth-order valence-corrected chi connectivity index (χ4v) is 3.19. The van der Waals surface area contributed by atoms with E-state index in [1.165, 1.54) is 51.4 Å². The third-order valence-electron chi connectivity index (χ3n) is 4.71. The fraction of sp³-hybridized carbons (Fsp3) is 0.944. The maximum Gasteiger partial charge on any atom is 0.223 e. The molecule has 3 nitrogen and oxygen atoms in total. The second-order valence-corrected chi connectivity index (χ2v) is 6.89. The second-order valence-electron chi connectivity index (χ2n) is 6.89. The van der Waals surface area contributed by atoms with Crippen LogP contribution in [0.4, 0.5) is 0 Å². The van der Waals surface area contributed by atoms with Gasteiger partial charge in [0.25, 0.3) is 0 Å². The van der Waals surface area contributed by atoms with E-state index in [9.17, 15) is 4.79 Å². The molecule has 0 radical (unpaired) electrons. The van der Waals surface area contributed by atoms with Gasteiger partial charge >= 0.3 is 0 Å². The Morgan fingerprint density at radius 3 is 2.00 bits per heavy atom. The minimum atomic E-state index is 0.194. The zero-order chi connectivity index (χ0) is 15.6. The molecule has 0 unspecified atom stereocenters. The zero-order valence-corrected chi connectivity index (χ0v) is 14.5. The molecule has 1 aliphatic rings. The predicted molar refractivity (Wildman–Crippen MR) is 88.4 cm³/mol. The Bertz CT molecular complexity index is 275. The van der Waals surface area contributed by atoms with E-state index in [0.29, 0.717) is 19.1 Å². The normalized spacial score (nSPS) is 16.2. The van der Waals surface area contributed by atoms with E-state index in [0.717, 1.165) is 19.5 Å². The van der Waals surface area contributed by atoms with Gasteiger partial charge in [0.15, 0.2) is 0 Å². The summed E-state index contributed by atoms with van der Waals surface area (Å²) >= 11 is 0. The van der Waals surface area contributed by atoms with Crippen molar-refractivity contribution < 1.29 is 9.53 Å². The summed E-state index contributed by atoms with van der Waals surface area (Å²) in [5.74, 6) is 0.341. The number of hydrogen-bond acceptors (Lipinski definition) is 2. The second kappa shape index (κ2) is 10.2. The van der Waals surface area contributed by atoms with E-state index < -0.39 is 0 Å². The van der Waals surface area contributed by atoms with Crippen LogP contribution in [0.1, 0.15) is 78.6 Å². The Labute approximate surface area is 131 Å². The molecule has 0 atom stereocenters. The number of hydrogen-bond donors (Lipinski definition) is 0. The van der Waals surface area contributed by atoms with Crippen LogP contribution in [0.15, 0.2) is 0 Å². The molecule has 1 rings (SSSR count). The highest BCUT2D eigenvalue weighted by molar-refractivity contribution is 5.77. The van der Waals surface area contributed by atoms with Crippen molar-refractivity contribution in [1.29, 1.82) is 0 Å². The van der Waals surface area contributed by atoms with Gasteiger partial charge in [-0.25, -0.2) is 0 Å². The third kappa shape index (κ3) is 7.30. The zero-order valence-electron chi connectivity index (χ0n) is 14.5. The predicted octanol–water partition coefficient (Wildman–Crippen LogP) is 4.40. The van der Waals surface area contributed by atoms with Gasteiger partial charge in [-0.15, -0.1) is 0 Å². The number of carbonyl (C=O) groups excluding carboxylic acids is 1. The summed E-state index contributed by atoms with van der Waals surface area (Å²) < 4.78 is 5.34. The third-order valence-corrected chi connectivity index (χ3v) is 4.71. The van der Waals surface area contributed by atoms with Crippen LogP contribution in [0.5, 0.6) is 0 Å². The Balaban J connectivity index is 2.50. The number of nitrogens with zero attached hydrogens (tertiary/aromatic N) is 1. The number of morpholine rings is 1. The van der Waals surface area contributed by atoms with E-state index >= 15 is 0 Å². The highest BCUT2D eigenvalue weighted by Gasteiger charge is 2.29. The molecule has 21 heavy (non-hydrogen) atoms. The molecule has 1 amide bonds. The Kier molecular flexibility index (Phi) is 8.98. The standard InChI is InChI=1S/C18H35NO2/c1-4-6-8-10-18(3,11-9-7-5-2)16-17(20)19-12-14-21-15-13-19/h4-16H2,1-3H3. The van der Waals surface area contributed by atoms with Crippen molar-refractivity contribution in [3.8, 4) is 0 Å². The van der Waals surface area contributed by atoms with Gasteiger partial charge < -0.3 is 9.64 Å². The van der Waals surface area contributed by atoms with Crippen molar-refractivity contribution in [3.63, 3.8) is 0 Å². The van der Waals surface area contributed by atoms with Crippen LogP contribution in [0.3, 0.4) is 0 Å². The van der Waals surface area contributed by atoms with Crippen LogP contribution in [0.25, 0.3) is 0 Å². The lowest BCUT2D eigenvalue weighted by Crippen LogP contribution is -2.42. The van der Waals surface area contributed by atoms with Gasteiger partial charge in [-0.05, 0) is 18.3 Å². The first-order chi connectivity index (χ1) is 10.1. The molecule has 0 N–H and O–H groups in total. The Morgan fingerprint density at radius 1 is 1.00 bits per heavy atom. The van der Waals surface area contributed by atoms with Gasteiger partial charge in [0.05, 0.1) is 13.2 Å². The molecule has 1 fully saturated rings. The van der Waals surface area contributed by atoms with E-state index in [1.54, 1.807) is 0 Å². The van der Waals surface area contributed by atoms with Crippen molar-refractivity contribution in [3.05, 3.63) is 0 Å².